The Hall–Kier alpha value is -0.410. The normalized spacial score (nSPS) is 15.3. The van der Waals surface area contributed by atoms with E-state index in [1.807, 2.05) is 6.20 Å². The number of hydrogen-bond donors (Lipinski definition) is 1. The van der Waals surface area contributed by atoms with Gasteiger partial charge in [-0.2, -0.15) is 0 Å². The third kappa shape index (κ3) is 5.08. The molecule has 1 N–H and O–H groups in total. The van der Waals surface area contributed by atoms with Gasteiger partial charge in [0, 0.05) is 18.0 Å². The van der Waals surface area contributed by atoms with Gasteiger partial charge < -0.3 is 5.32 Å². The van der Waals surface area contributed by atoms with Gasteiger partial charge in [0.15, 0.2) is 0 Å². The first-order valence-electron chi connectivity index (χ1n) is 6.18. The molecule has 0 aromatic carbocycles. The second-order valence-corrected chi connectivity index (χ2v) is 6.12. The van der Waals surface area contributed by atoms with E-state index >= 15 is 0 Å². The van der Waals surface area contributed by atoms with Crippen molar-refractivity contribution in [2.75, 3.05) is 13.1 Å². The lowest BCUT2D eigenvalue weighted by molar-refractivity contribution is 0.357. The van der Waals surface area contributed by atoms with Gasteiger partial charge in [0.2, 0.25) is 0 Å². The zero-order valence-electron chi connectivity index (χ0n) is 10.9. The zero-order valence-corrected chi connectivity index (χ0v) is 11.7. The zero-order chi connectivity index (χ0) is 12.0. The minimum absolute atomic E-state index is 0.700. The second kappa shape index (κ2) is 7.02. The number of nitrogens with zero attached hydrogens (tertiary/aromatic N) is 1. The van der Waals surface area contributed by atoms with E-state index in [-0.39, 0.29) is 0 Å². The molecule has 0 amide bonds. The van der Waals surface area contributed by atoms with Gasteiger partial charge in [-0.15, -0.1) is 11.3 Å². The fraction of sp³-hybridized carbons (Fsp3) is 0.769. The van der Waals surface area contributed by atoms with Crippen LogP contribution < -0.4 is 5.32 Å². The minimum atomic E-state index is 0.700. The molecular formula is C13H24N2S. The summed E-state index contributed by atoms with van der Waals surface area (Å²) in [6.45, 7) is 11.4. The van der Waals surface area contributed by atoms with E-state index in [1.54, 1.807) is 11.3 Å². The summed E-state index contributed by atoms with van der Waals surface area (Å²) in [6.07, 6.45) is 3.01. The van der Waals surface area contributed by atoms with Gasteiger partial charge in [-0.05, 0) is 30.8 Å². The molecule has 3 heteroatoms. The van der Waals surface area contributed by atoms with E-state index in [9.17, 15) is 0 Å². The first-order chi connectivity index (χ1) is 7.59. The van der Waals surface area contributed by atoms with Crippen LogP contribution in [0.1, 0.15) is 32.7 Å². The maximum absolute atomic E-state index is 4.35. The van der Waals surface area contributed by atoms with Crippen molar-refractivity contribution in [3.63, 3.8) is 0 Å². The molecule has 2 atom stereocenters. The van der Waals surface area contributed by atoms with Crippen molar-refractivity contribution >= 4 is 11.3 Å². The highest BCUT2D eigenvalue weighted by Crippen LogP contribution is 2.17. The van der Waals surface area contributed by atoms with Crippen LogP contribution in [0.2, 0.25) is 0 Å². The molecule has 1 heterocycles. The lowest BCUT2D eigenvalue weighted by Gasteiger charge is -2.20. The van der Waals surface area contributed by atoms with Crippen LogP contribution in [-0.2, 0) is 6.42 Å². The third-order valence-corrected chi connectivity index (χ3v) is 3.77. The fourth-order valence-electron chi connectivity index (χ4n) is 1.63. The quantitative estimate of drug-likeness (QED) is 0.791. The Balaban J connectivity index is 2.22. The second-order valence-electron chi connectivity index (χ2n) is 5.14. The van der Waals surface area contributed by atoms with Gasteiger partial charge in [-0.1, -0.05) is 27.7 Å². The van der Waals surface area contributed by atoms with Crippen LogP contribution in [0.3, 0.4) is 0 Å². The first kappa shape index (κ1) is 13.7. The van der Waals surface area contributed by atoms with Crippen LogP contribution in [0.5, 0.6) is 0 Å². The van der Waals surface area contributed by atoms with Crippen molar-refractivity contribution in [2.24, 2.45) is 17.8 Å². The summed E-state index contributed by atoms with van der Waals surface area (Å²) in [5.41, 5.74) is 0. The van der Waals surface area contributed by atoms with Crippen molar-refractivity contribution in [2.45, 2.75) is 34.1 Å². The van der Waals surface area contributed by atoms with E-state index in [1.165, 1.54) is 5.01 Å². The molecule has 1 aromatic rings. The molecule has 0 fully saturated rings. The van der Waals surface area contributed by atoms with Gasteiger partial charge in [0.05, 0.1) is 5.01 Å². The molecule has 16 heavy (non-hydrogen) atoms. The van der Waals surface area contributed by atoms with E-state index in [0.717, 1.165) is 25.4 Å². The summed E-state index contributed by atoms with van der Waals surface area (Å²) in [5, 5.41) is 6.85. The first-order valence-corrected chi connectivity index (χ1v) is 7.06. The molecule has 0 bridgehead atoms. The predicted octanol–water partition coefficient (Wildman–Crippen LogP) is 3.20. The Morgan fingerprint density at radius 3 is 2.50 bits per heavy atom. The molecule has 0 spiro atoms. The van der Waals surface area contributed by atoms with Crippen LogP contribution in [0.15, 0.2) is 11.6 Å². The summed E-state index contributed by atoms with van der Waals surface area (Å²) in [7, 11) is 0. The fourth-order valence-corrected chi connectivity index (χ4v) is 2.39. The minimum Gasteiger partial charge on any atom is -0.316 e. The van der Waals surface area contributed by atoms with E-state index < -0.39 is 0 Å². The summed E-state index contributed by atoms with van der Waals surface area (Å²) in [6, 6.07) is 0. The monoisotopic (exact) mass is 240 g/mol. The molecule has 0 aliphatic rings. The molecule has 0 saturated carbocycles. The summed E-state index contributed by atoms with van der Waals surface area (Å²) in [4.78, 5) is 4.35. The standard InChI is InChI=1S/C13H24N2S/c1-10(2)8-14-9-12(4)11(3)7-13-15-5-6-16-13/h5-6,10-12,14H,7-9H2,1-4H3. The maximum Gasteiger partial charge on any atom is 0.0927 e. The molecule has 0 aliphatic carbocycles. The number of rotatable bonds is 7. The van der Waals surface area contributed by atoms with Crippen molar-refractivity contribution in [1.29, 1.82) is 0 Å². The van der Waals surface area contributed by atoms with Gasteiger partial charge in [0.1, 0.15) is 0 Å². The van der Waals surface area contributed by atoms with Gasteiger partial charge >= 0.3 is 0 Å². The highest BCUT2D eigenvalue weighted by atomic mass is 32.1. The van der Waals surface area contributed by atoms with Crippen molar-refractivity contribution < 1.29 is 0 Å². The molecule has 92 valence electrons. The van der Waals surface area contributed by atoms with Crippen molar-refractivity contribution in [3.8, 4) is 0 Å². The maximum atomic E-state index is 4.35. The lowest BCUT2D eigenvalue weighted by atomic mass is 9.93. The predicted molar refractivity (Wildman–Crippen MR) is 71.9 cm³/mol. The van der Waals surface area contributed by atoms with E-state index in [0.29, 0.717) is 11.8 Å². The largest absolute Gasteiger partial charge is 0.316 e. The third-order valence-electron chi connectivity index (χ3n) is 2.97. The molecule has 0 radical (unpaired) electrons. The Labute approximate surface area is 103 Å². The van der Waals surface area contributed by atoms with Crippen molar-refractivity contribution in [1.82, 2.24) is 10.3 Å². The van der Waals surface area contributed by atoms with E-state index in [2.05, 4.69) is 43.4 Å². The number of aromatic nitrogens is 1. The molecule has 0 aliphatic heterocycles. The van der Waals surface area contributed by atoms with Crippen LogP contribution in [0, 0.1) is 17.8 Å². The topological polar surface area (TPSA) is 24.9 Å². The van der Waals surface area contributed by atoms with Crippen LogP contribution in [0.4, 0.5) is 0 Å². The Bertz CT molecular complexity index is 269. The van der Waals surface area contributed by atoms with Crippen molar-refractivity contribution in [3.05, 3.63) is 16.6 Å². The summed E-state index contributed by atoms with van der Waals surface area (Å²) in [5.74, 6) is 2.15. The van der Waals surface area contributed by atoms with Crippen LogP contribution in [-0.4, -0.2) is 18.1 Å². The molecule has 1 aromatic heterocycles. The summed E-state index contributed by atoms with van der Waals surface area (Å²) < 4.78 is 0. The highest BCUT2D eigenvalue weighted by Gasteiger charge is 2.13. The average molecular weight is 240 g/mol. The molecule has 1 rings (SSSR count). The number of nitrogens with one attached hydrogen (secondary N) is 1. The Morgan fingerprint density at radius 2 is 1.94 bits per heavy atom. The molecular weight excluding hydrogens is 216 g/mol. The summed E-state index contributed by atoms with van der Waals surface area (Å²) >= 11 is 1.77. The average Bonchev–Trinajstić information content (AvgIpc) is 2.69. The number of hydrogen-bond acceptors (Lipinski definition) is 3. The highest BCUT2D eigenvalue weighted by molar-refractivity contribution is 7.09. The molecule has 2 unspecified atom stereocenters. The SMILES string of the molecule is CC(C)CNCC(C)C(C)Cc1nccs1. The smallest absolute Gasteiger partial charge is 0.0927 e. The lowest BCUT2D eigenvalue weighted by Crippen LogP contribution is -2.28. The Kier molecular flexibility index (Phi) is 5.99. The van der Waals surface area contributed by atoms with Gasteiger partial charge in [-0.25, -0.2) is 4.98 Å². The van der Waals surface area contributed by atoms with Gasteiger partial charge in [-0.3, -0.25) is 0 Å². The molecule has 0 saturated heterocycles. The molecule has 2 nitrogen and oxygen atoms in total. The van der Waals surface area contributed by atoms with Crippen LogP contribution in [0.25, 0.3) is 0 Å². The van der Waals surface area contributed by atoms with Crippen LogP contribution >= 0.6 is 11.3 Å². The number of thiazole rings is 1. The Morgan fingerprint density at radius 1 is 1.19 bits per heavy atom. The van der Waals surface area contributed by atoms with E-state index in [4.69, 9.17) is 0 Å². The van der Waals surface area contributed by atoms with Gasteiger partial charge in [0.25, 0.3) is 0 Å².